The number of hydrogen-bond acceptors (Lipinski definition) is 2. The van der Waals surface area contributed by atoms with Gasteiger partial charge in [-0.05, 0) is 35.7 Å². The van der Waals surface area contributed by atoms with Gasteiger partial charge in [-0.1, -0.05) is 32.9 Å². The van der Waals surface area contributed by atoms with E-state index in [0.717, 1.165) is 17.9 Å². The van der Waals surface area contributed by atoms with Crippen LogP contribution in [0.25, 0.3) is 0 Å². The molecule has 2 rings (SSSR count). The monoisotopic (exact) mass is 257 g/mol. The maximum Gasteiger partial charge on any atom is 0.291 e. The normalized spacial score (nSPS) is 10.7. The maximum atomic E-state index is 12.0. The van der Waals surface area contributed by atoms with E-state index in [4.69, 9.17) is 4.42 Å². The molecule has 0 radical (unpaired) electrons. The molecule has 1 N–H and O–H groups in total. The first-order valence-electron chi connectivity index (χ1n) is 6.60. The summed E-state index contributed by atoms with van der Waals surface area (Å²) in [6.45, 7) is 6.24. The molecule has 0 atom stereocenters. The summed E-state index contributed by atoms with van der Waals surface area (Å²) in [7, 11) is 0. The van der Waals surface area contributed by atoms with Gasteiger partial charge in [0, 0.05) is 12.1 Å². The zero-order valence-electron chi connectivity index (χ0n) is 11.6. The summed E-state index contributed by atoms with van der Waals surface area (Å²) in [5.41, 5.74) is 2.00. The molecule has 0 spiro atoms. The van der Waals surface area contributed by atoms with Crippen molar-refractivity contribution in [3.63, 3.8) is 0 Å². The number of nitrogens with one attached hydrogen (secondary N) is 1. The van der Waals surface area contributed by atoms with Crippen LogP contribution in [0.2, 0.25) is 0 Å². The van der Waals surface area contributed by atoms with Crippen molar-refractivity contribution in [2.45, 2.75) is 33.1 Å². The molecule has 1 aromatic heterocycles. The predicted octanol–water partition coefficient (Wildman–Crippen LogP) is 4.22. The summed E-state index contributed by atoms with van der Waals surface area (Å²) in [6, 6.07) is 11.4. The molecular formula is C16H19NO2. The summed E-state index contributed by atoms with van der Waals surface area (Å²) in [5.74, 6) is 1.40. The van der Waals surface area contributed by atoms with Crippen molar-refractivity contribution in [2.75, 3.05) is 5.32 Å². The number of hydrogen-bond donors (Lipinski definition) is 1. The Bertz CT molecular complexity index is 570. The van der Waals surface area contributed by atoms with E-state index < -0.39 is 0 Å². The highest BCUT2D eigenvalue weighted by molar-refractivity contribution is 6.02. The van der Waals surface area contributed by atoms with Crippen LogP contribution in [0.5, 0.6) is 0 Å². The molecule has 0 saturated carbocycles. The molecule has 1 aromatic carbocycles. The van der Waals surface area contributed by atoms with Gasteiger partial charge in [-0.25, -0.2) is 0 Å². The molecule has 1 amide bonds. The second-order valence-corrected chi connectivity index (χ2v) is 4.85. The minimum Gasteiger partial charge on any atom is -0.456 e. The van der Waals surface area contributed by atoms with Crippen LogP contribution in [-0.4, -0.2) is 5.91 Å². The Morgan fingerprint density at radius 2 is 2.05 bits per heavy atom. The van der Waals surface area contributed by atoms with Crippen LogP contribution < -0.4 is 5.32 Å². The summed E-state index contributed by atoms with van der Waals surface area (Å²) >= 11 is 0. The van der Waals surface area contributed by atoms with E-state index in [9.17, 15) is 4.79 Å². The topological polar surface area (TPSA) is 42.2 Å². The molecule has 100 valence electrons. The smallest absolute Gasteiger partial charge is 0.291 e. The molecule has 0 aliphatic rings. The van der Waals surface area contributed by atoms with Crippen LogP contribution in [0.15, 0.2) is 40.8 Å². The molecule has 2 aromatic rings. The first-order valence-corrected chi connectivity index (χ1v) is 6.60. The predicted molar refractivity (Wildman–Crippen MR) is 76.6 cm³/mol. The molecular weight excluding hydrogens is 238 g/mol. The van der Waals surface area contributed by atoms with Crippen molar-refractivity contribution in [3.05, 3.63) is 53.5 Å². The largest absolute Gasteiger partial charge is 0.456 e. The van der Waals surface area contributed by atoms with E-state index in [1.54, 1.807) is 6.07 Å². The van der Waals surface area contributed by atoms with Crippen molar-refractivity contribution < 1.29 is 9.21 Å². The zero-order chi connectivity index (χ0) is 13.8. The quantitative estimate of drug-likeness (QED) is 0.891. The third kappa shape index (κ3) is 3.25. The van der Waals surface area contributed by atoms with Gasteiger partial charge in [-0.3, -0.25) is 4.79 Å². The molecule has 0 bridgehead atoms. The van der Waals surface area contributed by atoms with Gasteiger partial charge >= 0.3 is 0 Å². The lowest BCUT2D eigenvalue weighted by Gasteiger charge is -2.08. The Hall–Kier alpha value is -2.03. The highest BCUT2D eigenvalue weighted by Gasteiger charge is 2.11. The Kier molecular flexibility index (Phi) is 4.05. The number of anilines is 1. The molecule has 0 fully saturated rings. The molecule has 0 aliphatic carbocycles. The van der Waals surface area contributed by atoms with E-state index in [1.165, 1.54) is 5.56 Å². The van der Waals surface area contributed by atoms with Gasteiger partial charge in [0.05, 0.1) is 0 Å². The molecule has 3 heteroatoms. The van der Waals surface area contributed by atoms with Gasteiger partial charge < -0.3 is 9.73 Å². The number of benzene rings is 1. The van der Waals surface area contributed by atoms with Gasteiger partial charge in [-0.15, -0.1) is 0 Å². The minimum absolute atomic E-state index is 0.208. The van der Waals surface area contributed by atoms with E-state index in [-0.39, 0.29) is 5.91 Å². The third-order valence-electron chi connectivity index (χ3n) is 3.05. The van der Waals surface area contributed by atoms with Crippen LogP contribution in [0.4, 0.5) is 5.69 Å². The van der Waals surface area contributed by atoms with Gasteiger partial charge in [0.1, 0.15) is 5.76 Å². The average Bonchev–Trinajstić information content (AvgIpc) is 2.88. The lowest BCUT2D eigenvalue weighted by Crippen LogP contribution is -2.11. The van der Waals surface area contributed by atoms with Crippen molar-refractivity contribution in [1.29, 1.82) is 0 Å². The summed E-state index contributed by atoms with van der Waals surface area (Å²) in [4.78, 5) is 12.0. The molecule has 0 unspecified atom stereocenters. The highest BCUT2D eigenvalue weighted by Crippen LogP contribution is 2.19. The average molecular weight is 257 g/mol. The zero-order valence-corrected chi connectivity index (χ0v) is 11.6. The number of furan rings is 1. The Morgan fingerprint density at radius 3 is 2.68 bits per heavy atom. The van der Waals surface area contributed by atoms with Crippen LogP contribution in [0, 0.1) is 0 Å². The van der Waals surface area contributed by atoms with Gasteiger partial charge in [0.2, 0.25) is 0 Å². The van der Waals surface area contributed by atoms with E-state index in [2.05, 4.69) is 25.2 Å². The first-order chi connectivity index (χ1) is 9.10. The fourth-order valence-electron chi connectivity index (χ4n) is 1.86. The summed E-state index contributed by atoms with van der Waals surface area (Å²) in [6.07, 6.45) is 0.788. The second kappa shape index (κ2) is 5.74. The molecule has 0 aliphatic heterocycles. The van der Waals surface area contributed by atoms with Crippen molar-refractivity contribution >= 4 is 11.6 Å². The van der Waals surface area contributed by atoms with Crippen LogP contribution in [0.1, 0.15) is 48.6 Å². The lowest BCUT2D eigenvalue weighted by atomic mass is 10.0. The first kappa shape index (κ1) is 13.4. The third-order valence-corrected chi connectivity index (χ3v) is 3.05. The molecule has 19 heavy (non-hydrogen) atoms. The molecule has 1 heterocycles. The number of carbonyl (C=O) groups excluding carboxylic acids is 1. The van der Waals surface area contributed by atoms with E-state index in [1.807, 2.05) is 31.2 Å². The Labute approximate surface area is 113 Å². The number of amides is 1. The summed E-state index contributed by atoms with van der Waals surface area (Å²) in [5, 5.41) is 2.86. The van der Waals surface area contributed by atoms with Gasteiger partial charge in [0.25, 0.3) is 5.91 Å². The maximum absolute atomic E-state index is 12.0. The molecule has 0 saturated heterocycles. The second-order valence-electron chi connectivity index (χ2n) is 4.85. The van der Waals surface area contributed by atoms with Crippen molar-refractivity contribution in [3.8, 4) is 0 Å². The Balaban J connectivity index is 2.12. The van der Waals surface area contributed by atoms with Gasteiger partial charge in [-0.2, -0.15) is 0 Å². The lowest BCUT2D eigenvalue weighted by molar-refractivity contribution is 0.0995. The Morgan fingerprint density at radius 1 is 1.26 bits per heavy atom. The van der Waals surface area contributed by atoms with Gasteiger partial charge in [0.15, 0.2) is 5.76 Å². The highest BCUT2D eigenvalue weighted by atomic mass is 16.3. The SMILES string of the molecule is CCc1ccc(C(=O)Nc2cccc(C(C)C)c2)o1. The standard InChI is InChI=1S/C16H19NO2/c1-4-14-8-9-15(19-14)16(18)17-13-7-5-6-12(10-13)11(2)3/h5-11H,4H2,1-3H3,(H,17,18). The van der Waals surface area contributed by atoms with Crippen LogP contribution in [0.3, 0.4) is 0 Å². The molecule has 3 nitrogen and oxygen atoms in total. The van der Waals surface area contributed by atoms with E-state index in [0.29, 0.717) is 11.7 Å². The number of carbonyl (C=O) groups is 1. The minimum atomic E-state index is -0.208. The fourth-order valence-corrected chi connectivity index (χ4v) is 1.86. The van der Waals surface area contributed by atoms with Crippen LogP contribution >= 0.6 is 0 Å². The van der Waals surface area contributed by atoms with Crippen LogP contribution in [-0.2, 0) is 6.42 Å². The van der Waals surface area contributed by atoms with E-state index >= 15 is 0 Å². The van der Waals surface area contributed by atoms with Crippen molar-refractivity contribution in [2.24, 2.45) is 0 Å². The fraction of sp³-hybridized carbons (Fsp3) is 0.312. The van der Waals surface area contributed by atoms with Crippen molar-refractivity contribution in [1.82, 2.24) is 0 Å². The summed E-state index contributed by atoms with van der Waals surface area (Å²) < 4.78 is 5.43. The number of aryl methyl sites for hydroxylation is 1. The number of rotatable bonds is 4.